The van der Waals surface area contributed by atoms with E-state index in [2.05, 4.69) is 29.1 Å². The molecule has 6 atom stereocenters. The van der Waals surface area contributed by atoms with Gasteiger partial charge in [0, 0.05) is 11.8 Å². The fourth-order valence-corrected chi connectivity index (χ4v) is 5.86. The summed E-state index contributed by atoms with van der Waals surface area (Å²) in [6.45, 7) is -0.925. The monoisotopic (exact) mass is 480 g/mol. The van der Waals surface area contributed by atoms with Crippen molar-refractivity contribution in [3.63, 3.8) is 0 Å². The third-order valence-corrected chi connectivity index (χ3v) is 8.05. The fourth-order valence-electron chi connectivity index (χ4n) is 2.19. The third kappa shape index (κ3) is 4.52. The number of hydrogen-bond donors (Lipinski definition) is 5. The molecule has 0 radical (unpaired) electrons. The number of phosphoric ester groups is 1. The molecule has 24 heavy (non-hydrogen) atoms. The largest absolute Gasteiger partial charge is 0.490 e. The highest BCUT2D eigenvalue weighted by Gasteiger charge is 2.75. The number of hydrogen-bond acceptors (Lipinski definition) is 8. The Morgan fingerprint density at radius 1 is 1.17 bits per heavy atom. The van der Waals surface area contributed by atoms with Gasteiger partial charge >= 0.3 is 23.5 Å². The zero-order valence-electron chi connectivity index (χ0n) is 11.5. The maximum absolute atomic E-state index is 14.0. The van der Waals surface area contributed by atoms with E-state index >= 15 is 0 Å². The summed E-state index contributed by atoms with van der Waals surface area (Å²) in [5.41, 5.74) is -3.78. The molecule has 0 amide bonds. The van der Waals surface area contributed by atoms with Crippen LogP contribution in [0.3, 0.4) is 0 Å². The quantitative estimate of drug-likeness (QED) is 0.237. The van der Waals surface area contributed by atoms with Crippen LogP contribution in [0.2, 0.25) is 0 Å². The third-order valence-electron chi connectivity index (χ3n) is 3.32. The van der Waals surface area contributed by atoms with Crippen LogP contribution in [0.1, 0.15) is 6.42 Å². The number of rotatable bonds is 8. The zero-order valence-corrected chi connectivity index (χ0v) is 15.7. The van der Waals surface area contributed by atoms with Crippen LogP contribution in [0.15, 0.2) is 0 Å². The van der Waals surface area contributed by atoms with Gasteiger partial charge in [-0.15, -0.1) is 0 Å². The van der Waals surface area contributed by atoms with Crippen LogP contribution in [-0.4, -0.2) is 60.1 Å². The molecular weight excluding hydrogens is 468 g/mol. The lowest BCUT2D eigenvalue weighted by atomic mass is 9.97. The van der Waals surface area contributed by atoms with E-state index in [0.29, 0.717) is 0 Å². The summed E-state index contributed by atoms with van der Waals surface area (Å²) >= 11 is 2.94. The van der Waals surface area contributed by atoms with Gasteiger partial charge in [0.2, 0.25) is 0 Å². The molecule has 0 aromatic rings. The highest BCUT2D eigenvalue weighted by Crippen LogP contribution is 2.67. The summed E-state index contributed by atoms with van der Waals surface area (Å²) in [5.74, 6) is 0. The van der Waals surface area contributed by atoms with E-state index in [0.717, 1.165) is 0 Å². The average molecular weight is 481 g/mol. The second kappa shape index (κ2) is 6.42. The summed E-state index contributed by atoms with van der Waals surface area (Å²) in [4.78, 5) is 35.1. The Labute approximate surface area is 142 Å². The first-order chi connectivity index (χ1) is 10.6. The van der Waals surface area contributed by atoms with Gasteiger partial charge in [-0.05, 0) is 0 Å². The molecule has 2 fully saturated rings. The maximum Gasteiger partial charge on any atom is 0.490 e. The van der Waals surface area contributed by atoms with E-state index < -0.39 is 53.6 Å². The molecule has 142 valence electrons. The van der Waals surface area contributed by atoms with E-state index in [1.165, 1.54) is 0 Å². The van der Waals surface area contributed by atoms with Gasteiger partial charge in [0.05, 0.1) is 12.7 Å². The van der Waals surface area contributed by atoms with Crippen LogP contribution in [0, 0.1) is 0 Å². The number of alkyl halides is 2. The summed E-state index contributed by atoms with van der Waals surface area (Å²) in [5, 5.41) is 9.73. The van der Waals surface area contributed by atoms with Crippen molar-refractivity contribution in [3.05, 3.63) is 0 Å². The van der Waals surface area contributed by atoms with Crippen molar-refractivity contribution in [1.82, 2.24) is 0 Å². The molecule has 17 heteroatoms. The van der Waals surface area contributed by atoms with Crippen LogP contribution < -0.4 is 0 Å². The molecule has 2 rings (SSSR count). The van der Waals surface area contributed by atoms with Crippen molar-refractivity contribution >= 4 is 39.4 Å². The van der Waals surface area contributed by atoms with Crippen molar-refractivity contribution in [2.24, 2.45) is 0 Å². The van der Waals surface area contributed by atoms with Crippen LogP contribution in [0.4, 0.5) is 4.39 Å². The SMILES string of the molecule is O=P(O)(O)OP(=O)(O)OP(=O)(O)OC[C@@]1(CBr)O[C@H]2C[C@]2(F)[C@@H]1O. The predicted octanol–water partition coefficient (Wildman–Crippen LogP) is 0.335. The molecular formula is C7H13BrFO12P3. The van der Waals surface area contributed by atoms with Gasteiger partial charge in [-0.25, -0.2) is 18.1 Å². The number of fused-ring (bicyclic) bond motifs is 1. The van der Waals surface area contributed by atoms with E-state index in [1.54, 1.807) is 0 Å². The molecule has 1 heterocycles. The molecule has 1 aliphatic heterocycles. The Kier molecular flexibility index (Phi) is 5.63. The number of aliphatic hydroxyl groups is 1. The summed E-state index contributed by atoms with van der Waals surface area (Å²) in [6, 6.07) is 0. The number of phosphoric acid groups is 3. The second-order valence-corrected chi connectivity index (χ2v) is 10.2. The Morgan fingerprint density at radius 2 is 1.75 bits per heavy atom. The number of aliphatic hydroxyl groups excluding tert-OH is 1. The van der Waals surface area contributed by atoms with Crippen LogP contribution in [0.25, 0.3) is 0 Å². The van der Waals surface area contributed by atoms with Crippen LogP contribution in [-0.2, 0) is 31.6 Å². The second-order valence-electron chi connectivity index (χ2n) is 5.20. The van der Waals surface area contributed by atoms with Crippen LogP contribution >= 0.6 is 39.4 Å². The van der Waals surface area contributed by atoms with Gasteiger partial charge in [-0.2, -0.15) is 8.62 Å². The van der Waals surface area contributed by atoms with Gasteiger partial charge in [-0.3, -0.25) is 4.52 Å². The molecule has 12 nitrogen and oxygen atoms in total. The highest BCUT2D eigenvalue weighted by atomic mass is 79.9. The Bertz CT molecular complexity index is 655. The smallest absolute Gasteiger partial charge is 0.387 e. The van der Waals surface area contributed by atoms with Crippen molar-refractivity contribution in [2.75, 3.05) is 11.9 Å². The predicted molar refractivity (Wildman–Crippen MR) is 75.7 cm³/mol. The molecule has 0 aromatic carbocycles. The minimum atomic E-state index is -5.65. The van der Waals surface area contributed by atoms with Gasteiger partial charge in [0.15, 0.2) is 5.67 Å². The molecule has 1 aliphatic carbocycles. The lowest BCUT2D eigenvalue weighted by Gasteiger charge is -2.32. The van der Waals surface area contributed by atoms with E-state index in [1.807, 2.05) is 0 Å². The zero-order chi connectivity index (χ0) is 18.6. The standard InChI is InChI=1S/C7H13BrFO12P3/c8-2-6(5(10)7(9)1-4(7)19-6)3-18-23(14,15)21-24(16,17)20-22(11,12)13/h4-5,10H,1-3H2,(H,14,15)(H,16,17)(H2,11,12,13)/t4-,5+,6+,7+/m0/s1. The highest BCUT2D eigenvalue weighted by molar-refractivity contribution is 9.09. The molecule has 0 spiro atoms. The molecule has 0 aromatic heterocycles. The van der Waals surface area contributed by atoms with E-state index in [9.17, 15) is 28.1 Å². The average Bonchev–Trinajstić information content (AvgIpc) is 2.95. The maximum atomic E-state index is 14.0. The van der Waals surface area contributed by atoms with Gasteiger partial charge in [0.25, 0.3) is 0 Å². The van der Waals surface area contributed by atoms with Gasteiger partial charge < -0.3 is 29.4 Å². The molecule has 1 saturated heterocycles. The topological polar surface area (TPSA) is 189 Å². The summed E-state index contributed by atoms with van der Waals surface area (Å²) in [6.07, 6.45) is -2.69. The van der Waals surface area contributed by atoms with Gasteiger partial charge in [-0.1, -0.05) is 15.9 Å². The normalized spacial score (nSPS) is 40.6. The summed E-state index contributed by atoms with van der Waals surface area (Å²) in [7, 11) is -16.5. The molecule has 1 saturated carbocycles. The van der Waals surface area contributed by atoms with Gasteiger partial charge in [0.1, 0.15) is 11.7 Å². The minimum Gasteiger partial charge on any atom is -0.387 e. The fraction of sp³-hybridized carbons (Fsp3) is 1.00. The first-order valence-electron chi connectivity index (χ1n) is 6.04. The van der Waals surface area contributed by atoms with Crippen molar-refractivity contribution < 1.29 is 60.6 Å². The first-order valence-corrected chi connectivity index (χ1v) is 11.7. The molecule has 2 unspecified atom stereocenters. The van der Waals surface area contributed by atoms with Crippen molar-refractivity contribution in [1.29, 1.82) is 0 Å². The lowest BCUT2D eigenvalue weighted by Crippen LogP contribution is -2.50. The molecule has 0 bridgehead atoms. The lowest BCUT2D eigenvalue weighted by molar-refractivity contribution is -0.104. The Balaban J connectivity index is 2.01. The summed E-state index contributed by atoms with van der Waals surface area (Å²) < 4.78 is 64.0. The minimum absolute atomic E-state index is 0.0574. The number of ether oxygens (including phenoxy) is 1. The first kappa shape index (κ1) is 21.0. The van der Waals surface area contributed by atoms with Crippen molar-refractivity contribution in [2.45, 2.75) is 29.9 Å². The van der Waals surface area contributed by atoms with E-state index in [-0.39, 0.29) is 11.8 Å². The molecule has 2 aliphatic rings. The van der Waals surface area contributed by atoms with Crippen molar-refractivity contribution in [3.8, 4) is 0 Å². The number of halogens is 2. The Morgan fingerprint density at radius 3 is 2.17 bits per heavy atom. The van der Waals surface area contributed by atoms with E-state index in [4.69, 9.17) is 19.4 Å². The van der Waals surface area contributed by atoms with Crippen LogP contribution in [0.5, 0.6) is 0 Å². The molecule has 5 N–H and O–H groups in total. The Hall–Kier alpha value is 0.740.